The highest BCUT2D eigenvalue weighted by atomic mass is 32.2. The number of anilines is 2. The molecule has 0 fully saturated rings. The smallest absolute Gasteiger partial charge is 0.157 e. The summed E-state index contributed by atoms with van der Waals surface area (Å²) in [5.74, 6) is 2.27. The first-order valence-electron chi connectivity index (χ1n) is 17.1. The van der Waals surface area contributed by atoms with E-state index < -0.39 is 0 Å². The molecule has 0 amide bonds. The molecule has 4 heterocycles. The number of aromatic nitrogens is 3. The van der Waals surface area contributed by atoms with Gasteiger partial charge in [0.2, 0.25) is 0 Å². The Labute approximate surface area is 301 Å². The number of para-hydroxylation sites is 2. The molecule has 0 unspecified atom stereocenters. The summed E-state index contributed by atoms with van der Waals surface area (Å²) in [5, 5.41) is 3.49. The maximum atomic E-state index is 6.22. The van der Waals surface area contributed by atoms with Crippen molar-refractivity contribution in [2.24, 2.45) is 0 Å². The fourth-order valence-corrected chi connectivity index (χ4v) is 7.94. The summed E-state index contributed by atoms with van der Waals surface area (Å²) in [5.41, 5.74) is 10.2. The lowest BCUT2D eigenvalue weighted by Crippen LogP contribution is -2.15. The Bertz CT molecular complexity index is 2690. The van der Waals surface area contributed by atoms with E-state index in [0.717, 1.165) is 78.7 Å². The molecule has 7 aromatic rings. The van der Waals surface area contributed by atoms with E-state index in [1.807, 2.05) is 26.0 Å². The van der Waals surface area contributed by atoms with Crippen LogP contribution in [0.3, 0.4) is 0 Å². The van der Waals surface area contributed by atoms with Crippen LogP contribution in [0.1, 0.15) is 43.0 Å². The van der Waals surface area contributed by atoms with E-state index in [0.29, 0.717) is 5.82 Å². The van der Waals surface area contributed by atoms with Crippen molar-refractivity contribution in [2.75, 3.05) is 4.31 Å². The third kappa shape index (κ3) is 5.36. The Balaban J connectivity index is 1.27. The molecule has 1 aliphatic carbocycles. The number of rotatable bonds is 6. The summed E-state index contributed by atoms with van der Waals surface area (Å²) in [6.45, 7) is 8.25. The summed E-state index contributed by atoms with van der Waals surface area (Å²) in [7, 11) is 0. The van der Waals surface area contributed by atoms with Gasteiger partial charge in [-0.1, -0.05) is 85.5 Å². The average Bonchev–Trinajstić information content (AvgIpc) is 3.59. The van der Waals surface area contributed by atoms with E-state index in [-0.39, 0.29) is 0 Å². The third-order valence-electron chi connectivity index (χ3n) is 9.31. The van der Waals surface area contributed by atoms with Gasteiger partial charge in [0.1, 0.15) is 17.2 Å². The van der Waals surface area contributed by atoms with Crippen LogP contribution >= 0.6 is 11.9 Å². The normalized spacial score (nSPS) is 14.2. The summed E-state index contributed by atoms with van der Waals surface area (Å²) in [6.07, 6.45) is 20.1. The van der Waals surface area contributed by atoms with Crippen LogP contribution in [-0.4, -0.2) is 14.5 Å². The van der Waals surface area contributed by atoms with E-state index in [2.05, 4.69) is 149 Å². The Hall–Kier alpha value is -6.11. The predicted octanol–water partition coefficient (Wildman–Crippen LogP) is 12.7. The molecule has 4 aromatic carbocycles. The van der Waals surface area contributed by atoms with Crippen molar-refractivity contribution in [1.29, 1.82) is 0 Å². The molecule has 0 atom stereocenters. The van der Waals surface area contributed by atoms with Crippen LogP contribution < -0.4 is 4.31 Å². The molecule has 0 saturated heterocycles. The second-order valence-corrected chi connectivity index (χ2v) is 13.8. The highest BCUT2D eigenvalue weighted by Gasteiger charge is 2.27. The van der Waals surface area contributed by atoms with Gasteiger partial charge >= 0.3 is 0 Å². The van der Waals surface area contributed by atoms with Gasteiger partial charge in [0.25, 0.3) is 0 Å². The Morgan fingerprint density at radius 1 is 0.843 bits per heavy atom. The second-order valence-electron chi connectivity index (χ2n) is 12.7. The average molecular weight is 679 g/mol. The van der Waals surface area contributed by atoms with Gasteiger partial charge < -0.3 is 8.98 Å². The van der Waals surface area contributed by atoms with Crippen LogP contribution in [0.25, 0.3) is 73.5 Å². The first kappa shape index (κ1) is 30.9. The minimum Gasteiger partial charge on any atom is -0.456 e. The van der Waals surface area contributed by atoms with E-state index in [1.165, 1.54) is 16.3 Å². The van der Waals surface area contributed by atoms with Crippen molar-refractivity contribution in [2.45, 2.75) is 20.3 Å². The van der Waals surface area contributed by atoms with Gasteiger partial charge in [-0.2, -0.15) is 0 Å². The molecule has 5 nitrogen and oxygen atoms in total. The number of hydrogen-bond donors (Lipinski definition) is 0. The maximum Gasteiger partial charge on any atom is 0.157 e. The lowest BCUT2D eigenvalue weighted by molar-refractivity contribution is 0.603. The maximum absolute atomic E-state index is 6.22. The molecule has 3 aromatic heterocycles. The van der Waals surface area contributed by atoms with Crippen LogP contribution in [0.15, 0.2) is 143 Å². The largest absolute Gasteiger partial charge is 0.456 e. The first-order chi connectivity index (χ1) is 25.1. The second kappa shape index (κ2) is 12.7. The molecule has 51 heavy (non-hydrogen) atoms. The molecule has 2 aliphatic rings. The van der Waals surface area contributed by atoms with E-state index in [9.17, 15) is 0 Å². The van der Waals surface area contributed by atoms with Crippen LogP contribution in [0.4, 0.5) is 11.5 Å². The fourth-order valence-electron chi connectivity index (χ4n) is 6.98. The van der Waals surface area contributed by atoms with Crippen LogP contribution in [0.5, 0.6) is 0 Å². The number of hydrogen-bond acceptors (Lipinski definition) is 5. The summed E-state index contributed by atoms with van der Waals surface area (Å²) in [6, 6.07) is 32.1. The highest BCUT2D eigenvalue weighted by molar-refractivity contribution is 8.05. The fraction of sp³-hybridized carbons (Fsp3) is 0.0667. The quantitative estimate of drug-likeness (QED) is 0.129. The first-order valence-corrected chi connectivity index (χ1v) is 17.9. The van der Waals surface area contributed by atoms with Crippen molar-refractivity contribution in [1.82, 2.24) is 14.5 Å². The van der Waals surface area contributed by atoms with Gasteiger partial charge in [0.05, 0.1) is 22.4 Å². The zero-order valence-corrected chi connectivity index (χ0v) is 29.2. The molecule has 6 heteroatoms. The summed E-state index contributed by atoms with van der Waals surface area (Å²) < 4.78 is 10.8. The molecule has 9 rings (SSSR count). The van der Waals surface area contributed by atoms with Crippen LogP contribution in [0, 0.1) is 0 Å². The zero-order valence-electron chi connectivity index (χ0n) is 28.4. The van der Waals surface area contributed by atoms with Gasteiger partial charge in [-0.05, 0) is 98.5 Å². The molecule has 246 valence electrons. The van der Waals surface area contributed by atoms with E-state index >= 15 is 0 Å². The minimum atomic E-state index is 0.610. The lowest BCUT2D eigenvalue weighted by Gasteiger charge is -2.29. The molecular weight excluding hydrogens is 645 g/mol. The van der Waals surface area contributed by atoms with Gasteiger partial charge in [0, 0.05) is 49.5 Å². The monoisotopic (exact) mass is 678 g/mol. The van der Waals surface area contributed by atoms with Gasteiger partial charge in [-0.3, -0.25) is 4.31 Å². The van der Waals surface area contributed by atoms with Gasteiger partial charge in [-0.25, -0.2) is 9.97 Å². The molecule has 0 radical (unpaired) electrons. The summed E-state index contributed by atoms with van der Waals surface area (Å²) in [4.78, 5) is 11.3. The molecule has 0 spiro atoms. The van der Waals surface area contributed by atoms with Crippen molar-refractivity contribution < 1.29 is 4.42 Å². The molecular formula is C45H34N4OS. The third-order valence-corrected chi connectivity index (χ3v) is 10.3. The van der Waals surface area contributed by atoms with Crippen molar-refractivity contribution in [3.63, 3.8) is 0 Å². The molecule has 1 aliphatic heterocycles. The SMILES string of the molecule is C=C(C)c1nc(-c2ccc3oc4c(c3c2)C=CCC=C4)cc(N2SC(/C=C\C=C/C)=Cc3c2ccc2c4ccccc4n(-c4ccccc4)c32)n1. The van der Waals surface area contributed by atoms with Crippen molar-refractivity contribution in [3.8, 4) is 16.9 Å². The zero-order chi connectivity index (χ0) is 34.5. The van der Waals surface area contributed by atoms with E-state index in [4.69, 9.17) is 14.4 Å². The lowest BCUT2D eigenvalue weighted by atomic mass is 10.0. The van der Waals surface area contributed by atoms with Crippen LogP contribution in [-0.2, 0) is 0 Å². The number of benzene rings is 4. The topological polar surface area (TPSA) is 47.1 Å². The molecule has 0 N–H and O–H groups in total. The summed E-state index contributed by atoms with van der Waals surface area (Å²) >= 11 is 1.66. The highest BCUT2D eigenvalue weighted by Crippen LogP contribution is 2.48. The number of allylic oxidation sites excluding steroid dienone is 7. The van der Waals surface area contributed by atoms with Crippen LogP contribution in [0.2, 0.25) is 0 Å². The van der Waals surface area contributed by atoms with Gasteiger partial charge in [0.15, 0.2) is 5.82 Å². The Kier molecular flexibility index (Phi) is 7.67. The predicted molar refractivity (Wildman–Crippen MR) is 217 cm³/mol. The van der Waals surface area contributed by atoms with E-state index in [1.54, 1.807) is 11.9 Å². The van der Waals surface area contributed by atoms with Crippen molar-refractivity contribution in [3.05, 3.63) is 162 Å². The number of furan rings is 1. The number of nitrogens with zero attached hydrogens (tertiary/aromatic N) is 4. The molecule has 0 saturated carbocycles. The number of fused-ring (bicyclic) bond motifs is 8. The van der Waals surface area contributed by atoms with Gasteiger partial charge in [-0.15, -0.1) is 0 Å². The standard InChI is InChI=1S/C45H34N4OS/c1-4-5-8-17-32-27-37-40(24-23-35-33-18-13-14-20-39(33)48(44(35)37)31-15-9-6-10-16-31)49(51-32)43-28-38(46-45(47-43)29(2)3)30-22-25-42-36(26-30)34-19-11-7-12-21-41(34)50-42/h4-6,8-28H,2,7H2,1,3H3/b5-4-,17-8-. The minimum absolute atomic E-state index is 0.610. The molecule has 0 bridgehead atoms. The Morgan fingerprint density at radius 3 is 2.55 bits per heavy atom. The van der Waals surface area contributed by atoms with Crippen molar-refractivity contribution >= 4 is 80.0 Å². The Morgan fingerprint density at radius 2 is 1.69 bits per heavy atom.